The molecular formula is C15H15FN4O3. The maximum atomic E-state index is 13.3. The summed E-state index contributed by atoms with van der Waals surface area (Å²) < 4.78 is 13.3. The predicted octanol–water partition coefficient (Wildman–Crippen LogP) is 0.617. The molecule has 8 heteroatoms. The third-order valence-corrected chi connectivity index (χ3v) is 4.02. The van der Waals surface area contributed by atoms with E-state index in [-0.39, 0.29) is 17.4 Å². The Labute approximate surface area is 130 Å². The molecular weight excluding hydrogens is 303 g/mol. The zero-order valence-electron chi connectivity index (χ0n) is 12.2. The number of carbonyl (C=O) groups excluding carboxylic acids is 1. The van der Waals surface area contributed by atoms with Gasteiger partial charge in [-0.05, 0) is 36.5 Å². The molecule has 1 aliphatic rings. The van der Waals surface area contributed by atoms with E-state index in [4.69, 9.17) is 0 Å². The maximum absolute atomic E-state index is 13.3. The minimum atomic E-state index is -0.800. The Morgan fingerprint density at radius 2 is 2.00 bits per heavy atom. The van der Waals surface area contributed by atoms with Crippen LogP contribution in [0.5, 0.6) is 0 Å². The highest BCUT2D eigenvalue weighted by molar-refractivity contribution is 5.91. The number of nitrogens with zero attached hydrogens (tertiary/aromatic N) is 2. The fourth-order valence-electron chi connectivity index (χ4n) is 2.82. The first-order valence-electron chi connectivity index (χ1n) is 7.28. The lowest BCUT2D eigenvalue weighted by molar-refractivity contribution is 0.0703. The minimum Gasteiger partial charge on any atom is -0.337 e. The Bertz CT molecular complexity index is 837. The third-order valence-electron chi connectivity index (χ3n) is 4.02. The van der Waals surface area contributed by atoms with Crippen LogP contribution in [0.15, 0.2) is 33.9 Å². The lowest BCUT2D eigenvalue weighted by atomic mass is 9.89. The van der Waals surface area contributed by atoms with Crippen LogP contribution in [0.25, 0.3) is 0 Å². The van der Waals surface area contributed by atoms with Gasteiger partial charge in [-0.15, -0.1) is 0 Å². The van der Waals surface area contributed by atoms with Crippen molar-refractivity contribution in [3.63, 3.8) is 0 Å². The summed E-state index contributed by atoms with van der Waals surface area (Å²) in [6.45, 7) is 0.889. The van der Waals surface area contributed by atoms with Crippen LogP contribution in [-0.4, -0.2) is 39.1 Å². The number of piperidine rings is 1. The fourth-order valence-corrected chi connectivity index (χ4v) is 2.82. The van der Waals surface area contributed by atoms with Crippen molar-refractivity contribution in [2.75, 3.05) is 13.1 Å². The smallest absolute Gasteiger partial charge is 0.337 e. The highest BCUT2D eigenvalue weighted by Crippen LogP contribution is 2.28. The van der Waals surface area contributed by atoms with Crippen molar-refractivity contribution >= 4 is 5.91 Å². The molecule has 1 aromatic heterocycles. The number of halogens is 1. The second-order valence-electron chi connectivity index (χ2n) is 5.48. The van der Waals surface area contributed by atoms with E-state index >= 15 is 0 Å². The van der Waals surface area contributed by atoms with Crippen LogP contribution in [0.1, 0.15) is 34.8 Å². The summed E-state index contributed by atoms with van der Waals surface area (Å²) in [5, 5.41) is 5.57. The molecule has 1 aromatic carbocycles. The fraction of sp³-hybridized carbons (Fsp3) is 0.333. The molecule has 1 amide bonds. The number of likely N-dealkylation sites (tertiary alicyclic amines) is 1. The van der Waals surface area contributed by atoms with Crippen molar-refractivity contribution in [3.05, 3.63) is 62.2 Å². The first kappa shape index (κ1) is 15.1. The average molecular weight is 318 g/mol. The molecule has 0 spiro atoms. The Morgan fingerprint density at radius 3 is 2.65 bits per heavy atom. The first-order chi connectivity index (χ1) is 11.0. The van der Waals surface area contributed by atoms with E-state index < -0.39 is 17.2 Å². The molecule has 2 aromatic rings. The number of hydrogen-bond acceptors (Lipinski definition) is 4. The zero-order chi connectivity index (χ0) is 16.4. The summed E-state index contributed by atoms with van der Waals surface area (Å²) in [7, 11) is 0. The molecule has 0 bridgehead atoms. The molecule has 120 valence electrons. The number of hydrogen-bond donors (Lipinski definition) is 2. The van der Waals surface area contributed by atoms with Crippen LogP contribution in [0, 0.1) is 5.82 Å². The highest BCUT2D eigenvalue weighted by Gasteiger charge is 2.27. The lowest BCUT2D eigenvalue weighted by Gasteiger charge is -2.31. The number of H-pyrrole nitrogens is 2. The Morgan fingerprint density at radius 1 is 1.26 bits per heavy atom. The molecule has 2 heterocycles. The number of aromatic amines is 2. The van der Waals surface area contributed by atoms with Crippen molar-refractivity contribution in [1.29, 1.82) is 0 Å². The van der Waals surface area contributed by atoms with Gasteiger partial charge in [0.1, 0.15) is 5.82 Å². The van der Waals surface area contributed by atoms with Crippen molar-refractivity contribution in [2.24, 2.45) is 0 Å². The molecule has 1 saturated heterocycles. The van der Waals surface area contributed by atoms with Gasteiger partial charge in [-0.1, -0.05) is 12.1 Å². The van der Waals surface area contributed by atoms with Crippen molar-refractivity contribution in [1.82, 2.24) is 20.1 Å². The molecule has 0 unspecified atom stereocenters. The van der Waals surface area contributed by atoms with E-state index in [0.29, 0.717) is 25.9 Å². The molecule has 2 N–H and O–H groups in total. The van der Waals surface area contributed by atoms with Crippen LogP contribution in [0.4, 0.5) is 4.39 Å². The van der Waals surface area contributed by atoms with Crippen LogP contribution in [0.2, 0.25) is 0 Å². The van der Waals surface area contributed by atoms with Crippen LogP contribution < -0.4 is 11.2 Å². The minimum absolute atomic E-state index is 0.177. The largest absolute Gasteiger partial charge is 0.342 e. The van der Waals surface area contributed by atoms with E-state index in [1.54, 1.807) is 6.07 Å². The van der Waals surface area contributed by atoms with Crippen LogP contribution in [0.3, 0.4) is 0 Å². The van der Waals surface area contributed by atoms with E-state index in [9.17, 15) is 18.8 Å². The SMILES string of the molecule is O=C(c1n[nH]c(=O)[nH]c1=O)N1CCC(c2cccc(F)c2)CC1. The summed E-state index contributed by atoms with van der Waals surface area (Å²) in [5.74, 6) is -0.609. The molecule has 1 aliphatic heterocycles. The molecule has 0 radical (unpaired) electrons. The molecule has 0 saturated carbocycles. The van der Waals surface area contributed by atoms with Gasteiger partial charge in [0.15, 0.2) is 0 Å². The molecule has 0 aliphatic carbocycles. The molecule has 3 rings (SSSR count). The number of amides is 1. The monoisotopic (exact) mass is 318 g/mol. The van der Waals surface area contributed by atoms with Crippen molar-refractivity contribution in [2.45, 2.75) is 18.8 Å². The van der Waals surface area contributed by atoms with Gasteiger partial charge in [-0.25, -0.2) is 14.3 Å². The topological polar surface area (TPSA) is 98.9 Å². The summed E-state index contributed by atoms with van der Waals surface area (Å²) in [6, 6.07) is 6.46. The van der Waals surface area contributed by atoms with Gasteiger partial charge in [0.05, 0.1) is 0 Å². The third kappa shape index (κ3) is 3.20. The van der Waals surface area contributed by atoms with Gasteiger partial charge in [0.25, 0.3) is 11.5 Å². The summed E-state index contributed by atoms with van der Waals surface area (Å²) >= 11 is 0. The average Bonchev–Trinajstić information content (AvgIpc) is 2.54. The lowest BCUT2D eigenvalue weighted by Crippen LogP contribution is -2.42. The van der Waals surface area contributed by atoms with Gasteiger partial charge >= 0.3 is 5.69 Å². The van der Waals surface area contributed by atoms with Crippen molar-refractivity contribution < 1.29 is 9.18 Å². The summed E-state index contributed by atoms with van der Waals surface area (Å²) in [6.07, 6.45) is 1.35. The number of aromatic nitrogens is 3. The second kappa shape index (κ2) is 6.15. The van der Waals surface area contributed by atoms with Crippen LogP contribution >= 0.6 is 0 Å². The van der Waals surface area contributed by atoms with Gasteiger partial charge < -0.3 is 4.90 Å². The number of nitrogens with one attached hydrogen (secondary N) is 2. The second-order valence-corrected chi connectivity index (χ2v) is 5.48. The summed E-state index contributed by atoms with van der Waals surface area (Å²) in [5.41, 5.74) is -0.965. The number of benzene rings is 1. The maximum Gasteiger partial charge on any atom is 0.342 e. The zero-order valence-corrected chi connectivity index (χ0v) is 12.2. The van der Waals surface area contributed by atoms with E-state index in [0.717, 1.165) is 5.56 Å². The molecule has 7 nitrogen and oxygen atoms in total. The highest BCUT2D eigenvalue weighted by atomic mass is 19.1. The molecule has 0 atom stereocenters. The Kier molecular flexibility index (Phi) is 4.05. The van der Waals surface area contributed by atoms with E-state index in [2.05, 4.69) is 10.2 Å². The van der Waals surface area contributed by atoms with Gasteiger partial charge in [-0.3, -0.25) is 14.6 Å². The standard InChI is InChI=1S/C15H15FN4O3/c16-11-3-1-2-10(8-11)9-4-6-20(7-5-9)14(22)12-13(21)17-15(23)19-18-12/h1-3,8-9H,4-7H2,(H2,17,19,21,23). The number of rotatable bonds is 2. The van der Waals surface area contributed by atoms with Gasteiger partial charge in [-0.2, -0.15) is 5.10 Å². The Hall–Kier alpha value is -2.77. The quantitative estimate of drug-likeness (QED) is 0.848. The van der Waals surface area contributed by atoms with E-state index in [1.807, 2.05) is 11.1 Å². The van der Waals surface area contributed by atoms with E-state index in [1.165, 1.54) is 17.0 Å². The first-order valence-corrected chi connectivity index (χ1v) is 7.28. The van der Waals surface area contributed by atoms with Gasteiger partial charge in [0.2, 0.25) is 5.69 Å². The molecule has 1 fully saturated rings. The van der Waals surface area contributed by atoms with Crippen LogP contribution in [-0.2, 0) is 0 Å². The summed E-state index contributed by atoms with van der Waals surface area (Å²) in [4.78, 5) is 38.4. The number of carbonyl (C=O) groups is 1. The van der Waals surface area contributed by atoms with Gasteiger partial charge in [0, 0.05) is 13.1 Å². The predicted molar refractivity (Wildman–Crippen MR) is 79.8 cm³/mol. The molecule has 23 heavy (non-hydrogen) atoms. The normalized spacial score (nSPS) is 15.6. The van der Waals surface area contributed by atoms with Crippen molar-refractivity contribution in [3.8, 4) is 0 Å². The Balaban J connectivity index is 1.70.